The minimum Gasteiger partial charge on any atom is -0.497 e. The molecule has 1 amide bonds. The van der Waals surface area contributed by atoms with Gasteiger partial charge in [-0.15, -0.1) is 0 Å². The van der Waals surface area contributed by atoms with Crippen molar-refractivity contribution >= 4 is 16.9 Å². The Labute approximate surface area is 226 Å². The molecular formula is C29H48N4O3S. The Hall–Kier alpha value is -1.48. The number of carbonyl (C=O) groups is 1. The van der Waals surface area contributed by atoms with Gasteiger partial charge in [-0.2, -0.15) is 0 Å². The molecule has 208 valence electrons. The van der Waals surface area contributed by atoms with Crippen molar-refractivity contribution in [2.24, 2.45) is 5.92 Å². The fourth-order valence-corrected chi connectivity index (χ4v) is 7.73. The zero-order valence-electron chi connectivity index (χ0n) is 23.5. The molecule has 2 heterocycles. The highest BCUT2D eigenvalue weighted by atomic mass is 32.2. The van der Waals surface area contributed by atoms with Crippen molar-refractivity contribution in [2.45, 2.75) is 88.6 Å². The quantitative estimate of drug-likeness (QED) is 0.469. The van der Waals surface area contributed by atoms with Crippen LogP contribution in [0.3, 0.4) is 0 Å². The fraction of sp³-hybridized carbons (Fsp3) is 0.759. The van der Waals surface area contributed by atoms with E-state index in [0.29, 0.717) is 19.0 Å². The van der Waals surface area contributed by atoms with E-state index in [2.05, 4.69) is 15.1 Å². The lowest BCUT2D eigenvalue weighted by Crippen LogP contribution is -2.44. The predicted molar refractivity (Wildman–Crippen MR) is 150 cm³/mol. The van der Waals surface area contributed by atoms with Crippen molar-refractivity contribution in [3.05, 3.63) is 23.3 Å². The van der Waals surface area contributed by atoms with Crippen LogP contribution in [-0.4, -0.2) is 89.7 Å². The van der Waals surface area contributed by atoms with Gasteiger partial charge in [0.15, 0.2) is 0 Å². The van der Waals surface area contributed by atoms with E-state index in [0.717, 1.165) is 40.5 Å². The van der Waals surface area contributed by atoms with Crippen LogP contribution in [0.5, 0.6) is 5.75 Å². The number of methoxy groups -OCH3 is 1. The second-order valence-corrected chi connectivity index (χ2v) is 13.0. The SMILES string of the molecule is COc1cc(C)c(S(=O)N(C)CCC(=O)NC2CCC(N3CC[C@@H](CCN4CCCC4)C3)CC2)c(C)c1. The Morgan fingerprint density at radius 3 is 2.41 bits per heavy atom. The van der Waals surface area contributed by atoms with E-state index in [1.807, 2.05) is 33.0 Å². The Morgan fingerprint density at radius 1 is 1.08 bits per heavy atom. The maximum atomic E-state index is 13.1. The van der Waals surface area contributed by atoms with Gasteiger partial charge >= 0.3 is 0 Å². The van der Waals surface area contributed by atoms with E-state index in [9.17, 15) is 9.00 Å². The average molecular weight is 533 g/mol. The minimum absolute atomic E-state index is 0.0682. The first-order valence-electron chi connectivity index (χ1n) is 14.4. The van der Waals surface area contributed by atoms with E-state index >= 15 is 0 Å². The number of amides is 1. The third-order valence-electron chi connectivity index (χ3n) is 8.73. The van der Waals surface area contributed by atoms with Crippen LogP contribution in [0.25, 0.3) is 0 Å². The van der Waals surface area contributed by atoms with E-state index in [1.165, 1.54) is 71.2 Å². The molecule has 2 atom stereocenters. The standard InChI is InChI=1S/C29H48N4O3S/c1-22-19-27(36-4)20-23(2)29(22)37(35)31(3)16-13-28(34)30-25-7-9-26(10-8-25)33-18-12-24(21-33)11-17-32-14-5-6-15-32/h19-20,24-26H,5-18,21H2,1-4H3,(H,30,34)/t24-,25?,26?,37?/m1/s1. The number of hydrogen-bond donors (Lipinski definition) is 1. The summed E-state index contributed by atoms with van der Waals surface area (Å²) in [6.45, 7) is 10.8. The lowest BCUT2D eigenvalue weighted by atomic mass is 9.90. The van der Waals surface area contributed by atoms with Crippen LogP contribution in [0, 0.1) is 19.8 Å². The summed E-state index contributed by atoms with van der Waals surface area (Å²) in [6, 6.07) is 4.79. The summed E-state index contributed by atoms with van der Waals surface area (Å²) in [5.41, 5.74) is 1.89. The van der Waals surface area contributed by atoms with E-state index in [4.69, 9.17) is 4.74 Å². The predicted octanol–water partition coefficient (Wildman–Crippen LogP) is 3.89. The molecule has 1 saturated carbocycles. The highest BCUT2D eigenvalue weighted by Gasteiger charge is 2.32. The van der Waals surface area contributed by atoms with Crippen molar-refractivity contribution in [2.75, 3.05) is 53.4 Å². The number of nitrogens with one attached hydrogen (secondary N) is 1. The molecule has 0 spiro atoms. The Kier molecular flexibility index (Phi) is 10.4. The second kappa shape index (κ2) is 13.5. The van der Waals surface area contributed by atoms with Crippen LogP contribution in [0.2, 0.25) is 0 Å². The summed E-state index contributed by atoms with van der Waals surface area (Å²) in [6.07, 6.45) is 10.4. The summed E-state index contributed by atoms with van der Waals surface area (Å²) in [7, 11) is 2.16. The molecule has 1 aromatic carbocycles. The second-order valence-electron chi connectivity index (χ2n) is 11.5. The van der Waals surface area contributed by atoms with Crippen molar-refractivity contribution in [3.8, 4) is 5.75 Å². The number of rotatable bonds is 11. The number of benzene rings is 1. The molecule has 0 aromatic heterocycles. The lowest BCUT2D eigenvalue weighted by molar-refractivity contribution is -0.122. The largest absolute Gasteiger partial charge is 0.497 e. The Bertz CT molecular complexity index is 905. The number of carbonyl (C=O) groups excluding carboxylic acids is 1. The zero-order valence-corrected chi connectivity index (χ0v) is 24.3. The molecule has 1 aliphatic carbocycles. The summed E-state index contributed by atoms with van der Waals surface area (Å²) in [4.78, 5) is 18.9. The van der Waals surface area contributed by atoms with Crippen molar-refractivity contribution in [1.82, 2.24) is 19.4 Å². The first-order chi connectivity index (χ1) is 17.8. The third-order valence-corrected chi connectivity index (χ3v) is 10.5. The van der Waals surface area contributed by atoms with Gasteiger partial charge in [0.1, 0.15) is 16.7 Å². The van der Waals surface area contributed by atoms with Gasteiger partial charge in [-0.25, -0.2) is 8.51 Å². The molecule has 1 unspecified atom stereocenters. The summed E-state index contributed by atoms with van der Waals surface area (Å²) >= 11 is 0. The Balaban J connectivity index is 1.14. The van der Waals surface area contributed by atoms with Crippen molar-refractivity contribution < 1.29 is 13.7 Å². The van der Waals surface area contributed by atoms with Gasteiger partial charge in [0, 0.05) is 38.6 Å². The topological polar surface area (TPSA) is 65.1 Å². The van der Waals surface area contributed by atoms with Crippen LogP contribution in [-0.2, 0) is 15.8 Å². The molecule has 4 rings (SSSR count). The molecule has 37 heavy (non-hydrogen) atoms. The van der Waals surface area contributed by atoms with Gasteiger partial charge in [-0.05, 0) is 121 Å². The molecule has 2 saturated heterocycles. The molecule has 3 aliphatic rings. The monoisotopic (exact) mass is 532 g/mol. The van der Waals surface area contributed by atoms with Gasteiger partial charge in [0.2, 0.25) is 5.91 Å². The maximum absolute atomic E-state index is 13.1. The van der Waals surface area contributed by atoms with Crippen molar-refractivity contribution in [1.29, 1.82) is 0 Å². The highest BCUT2D eigenvalue weighted by molar-refractivity contribution is 7.82. The summed E-state index contributed by atoms with van der Waals surface area (Å²) in [5, 5.41) is 3.26. The number of nitrogens with zero attached hydrogens (tertiary/aromatic N) is 3. The maximum Gasteiger partial charge on any atom is 0.221 e. The number of ether oxygens (including phenoxy) is 1. The van der Waals surface area contributed by atoms with E-state index in [1.54, 1.807) is 11.4 Å². The normalized spacial score (nSPS) is 26.0. The van der Waals surface area contributed by atoms with Crippen LogP contribution >= 0.6 is 0 Å². The smallest absolute Gasteiger partial charge is 0.221 e. The molecular weight excluding hydrogens is 484 g/mol. The van der Waals surface area contributed by atoms with Gasteiger partial charge in [0.05, 0.1) is 12.0 Å². The van der Waals surface area contributed by atoms with Gasteiger partial charge < -0.3 is 19.9 Å². The first-order valence-corrected chi connectivity index (χ1v) is 15.5. The molecule has 0 bridgehead atoms. The van der Waals surface area contributed by atoms with Crippen LogP contribution in [0.4, 0.5) is 0 Å². The first kappa shape index (κ1) is 28.5. The number of hydrogen-bond acceptors (Lipinski definition) is 5. The molecule has 0 radical (unpaired) electrons. The van der Waals surface area contributed by atoms with Gasteiger partial charge in [-0.1, -0.05) is 0 Å². The van der Waals surface area contributed by atoms with Crippen LogP contribution < -0.4 is 10.1 Å². The molecule has 3 fully saturated rings. The lowest BCUT2D eigenvalue weighted by Gasteiger charge is -2.35. The fourth-order valence-electron chi connectivity index (χ4n) is 6.49. The average Bonchev–Trinajstić information content (AvgIpc) is 3.58. The molecule has 1 aromatic rings. The molecule has 2 aliphatic heterocycles. The third kappa shape index (κ3) is 7.78. The minimum atomic E-state index is -1.31. The van der Waals surface area contributed by atoms with Crippen molar-refractivity contribution in [3.63, 3.8) is 0 Å². The van der Waals surface area contributed by atoms with E-state index < -0.39 is 11.0 Å². The van der Waals surface area contributed by atoms with Gasteiger partial charge in [-0.3, -0.25) is 4.79 Å². The van der Waals surface area contributed by atoms with E-state index in [-0.39, 0.29) is 11.9 Å². The number of likely N-dealkylation sites (tertiary alicyclic amines) is 2. The highest BCUT2D eigenvalue weighted by Crippen LogP contribution is 2.30. The molecule has 1 N–H and O–H groups in total. The number of aryl methyl sites for hydroxylation is 2. The zero-order chi connectivity index (χ0) is 26.4. The summed E-state index contributed by atoms with van der Waals surface area (Å²) < 4.78 is 20.2. The molecule has 7 nitrogen and oxygen atoms in total. The van der Waals surface area contributed by atoms with Crippen LogP contribution in [0.15, 0.2) is 17.0 Å². The summed E-state index contributed by atoms with van der Waals surface area (Å²) in [5.74, 6) is 1.71. The molecule has 8 heteroatoms. The van der Waals surface area contributed by atoms with Crippen LogP contribution in [0.1, 0.15) is 68.9 Å². The Morgan fingerprint density at radius 2 is 1.76 bits per heavy atom. The van der Waals surface area contributed by atoms with Gasteiger partial charge in [0.25, 0.3) is 0 Å².